The first kappa shape index (κ1) is 33.4. The van der Waals surface area contributed by atoms with Gasteiger partial charge in [0.1, 0.15) is 19.1 Å². The summed E-state index contributed by atoms with van der Waals surface area (Å²) in [4.78, 5) is 14.1. The zero-order valence-corrected chi connectivity index (χ0v) is 28.3. The molecule has 0 aromatic heterocycles. The summed E-state index contributed by atoms with van der Waals surface area (Å²) in [7, 11) is -1.22. The average Bonchev–Trinajstić information content (AvgIpc) is 3.16. The van der Waals surface area contributed by atoms with Crippen LogP contribution in [-0.2, 0) is 35.6 Å². The summed E-state index contributed by atoms with van der Waals surface area (Å²) in [6.45, 7) is 9.85. The summed E-state index contributed by atoms with van der Waals surface area (Å²) in [6.07, 6.45) is 0.368. The molecule has 46 heavy (non-hydrogen) atoms. The summed E-state index contributed by atoms with van der Waals surface area (Å²) >= 11 is 0. The Kier molecular flexibility index (Phi) is 12.0. The van der Waals surface area contributed by atoms with Gasteiger partial charge in [-0.3, -0.25) is 5.01 Å². The van der Waals surface area contributed by atoms with E-state index >= 15 is 0 Å². The molecule has 7 nitrogen and oxygen atoms in total. The summed E-state index contributed by atoms with van der Waals surface area (Å²) < 4.78 is 18.6. The second-order valence-corrected chi connectivity index (χ2v) is 18.7. The van der Waals surface area contributed by atoms with E-state index in [1.54, 1.807) is 0 Å². The first-order valence-corrected chi connectivity index (χ1v) is 19.9. The molecule has 0 spiro atoms. The van der Waals surface area contributed by atoms with Crippen LogP contribution in [0.25, 0.3) is 0 Å². The van der Waals surface area contributed by atoms with Crippen molar-refractivity contribution in [3.8, 4) is 5.75 Å². The molecule has 0 bridgehead atoms. The molecule has 242 valence electrons. The first-order valence-electron chi connectivity index (χ1n) is 16.2. The fourth-order valence-corrected chi connectivity index (χ4v) is 6.20. The highest BCUT2D eigenvalue weighted by molar-refractivity contribution is 6.76. The van der Waals surface area contributed by atoms with Gasteiger partial charge in [0.05, 0.1) is 18.7 Å². The Bertz CT molecular complexity index is 1480. The van der Waals surface area contributed by atoms with Gasteiger partial charge in [0.25, 0.3) is 0 Å². The van der Waals surface area contributed by atoms with Crippen LogP contribution in [0, 0.1) is 0 Å². The molecule has 4 aromatic rings. The van der Waals surface area contributed by atoms with Gasteiger partial charge in [0.2, 0.25) is 0 Å². The van der Waals surface area contributed by atoms with Gasteiger partial charge < -0.3 is 19.5 Å². The van der Waals surface area contributed by atoms with Crippen LogP contribution in [0.2, 0.25) is 25.7 Å². The lowest BCUT2D eigenvalue weighted by molar-refractivity contribution is -0.114. The van der Waals surface area contributed by atoms with Crippen LogP contribution in [0.15, 0.2) is 115 Å². The third-order valence-electron chi connectivity index (χ3n) is 8.07. The van der Waals surface area contributed by atoms with Gasteiger partial charge in [0.15, 0.2) is 0 Å². The third kappa shape index (κ3) is 10.6. The average molecular weight is 638 g/mol. The second kappa shape index (κ2) is 16.6. The van der Waals surface area contributed by atoms with E-state index in [1.165, 1.54) is 0 Å². The van der Waals surface area contributed by atoms with Gasteiger partial charge in [-0.1, -0.05) is 123 Å². The molecule has 1 aliphatic rings. The molecule has 8 heteroatoms. The quantitative estimate of drug-likeness (QED) is 0.0830. The number of carbonyl (C=O) groups is 1. The number of hydrazine groups is 1. The topological polar surface area (TPSA) is 63.3 Å². The van der Waals surface area contributed by atoms with Crippen molar-refractivity contribution < 1.29 is 19.0 Å². The predicted molar refractivity (Wildman–Crippen MR) is 186 cm³/mol. The number of nitrogens with one attached hydrogen (secondary N) is 1. The maximum Gasteiger partial charge on any atom is 0.332 e. The molecule has 1 aliphatic heterocycles. The number of hydrogen-bond donors (Lipinski definition) is 1. The minimum atomic E-state index is -1.22. The number of nitrogens with zero attached hydrogens (tertiary/aromatic N) is 2. The number of carbonyl (C=O) groups excluding carboxylic acids is 1. The van der Waals surface area contributed by atoms with Crippen molar-refractivity contribution in [1.82, 2.24) is 15.3 Å². The monoisotopic (exact) mass is 637 g/mol. The molecule has 4 aromatic carbocycles. The van der Waals surface area contributed by atoms with Gasteiger partial charge in [-0.15, -0.1) is 0 Å². The highest BCUT2D eigenvalue weighted by Crippen LogP contribution is 2.23. The summed E-state index contributed by atoms with van der Waals surface area (Å²) in [5, 5.41) is 7.26. The van der Waals surface area contributed by atoms with E-state index in [1.807, 2.05) is 83.9 Å². The molecule has 1 heterocycles. The fourth-order valence-electron chi connectivity index (χ4n) is 5.44. The van der Waals surface area contributed by atoms with Gasteiger partial charge >= 0.3 is 6.03 Å². The van der Waals surface area contributed by atoms with E-state index in [2.05, 4.69) is 66.4 Å². The number of hydrogen-bond acceptors (Lipinski definition) is 5. The zero-order chi connectivity index (χ0) is 32.2. The lowest BCUT2D eigenvalue weighted by Gasteiger charge is -2.34. The van der Waals surface area contributed by atoms with E-state index in [9.17, 15) is 4.79 Å². The van der Waals surface area contributed by atoms with Gasteiger partial charge in [0, 0.05) is 27.8 Å². The highest BCUT2D eigenvalue weighted by Gasteiger charge is 2.36. The number of benzene rings is 4. The van der Waals surface area contributed by atoms with Crippen molar-refractivity contribution in [2.24, 2.45) is 0 Å². The minimum absolute atomic E-state index is 0.154. The normalized spacial score (nSPS) is 17.4. The lowest BCUT2D eigenvalue weighted by Crippen LogP contribution is -2.48. The van der Waals surface area contributed by atoms with Crippen LogP contribution in [0.4, 0.5) is 4.79 Å². The summed E-state index contributed by atoms with van der Waals surface area (Å²) in [5.41, 5.74) is 4.35. The van der Waals surface area contributed by atoms with Crippen LogP contribution in [0.1, 0.15) is 22.3 Å². The largest absolute Gasteiger partial charge is 0.489 e. The molecule has 2 amide bonds. The van der Waals surface area contributed by atoms with Crippen LogP contribution in [0.3, 0.4) is 0 Å². The zero-order valence-electron chi connectivity index (χ0n) is 27.3. The molecular weight excluding hydrogens is 591 g/mol. The van der Waals surface area contributed by atoms with Crippen LogP contribution >= 0.6 is 0 Å². The molecule has 2 atom stereocenters. The Labute approximate surface area is 275 Å². The lowest BCUT2D eigenvalue weighted by atomic mass is 10.0. The molecule has 5 rings (SSSR count). The van der Waals surface area contributed by atoms with Crippen LogP contribution in [-0.4, -0.2) is 56.2 Å². The Morgan fingerprint density at radius 3 is 2.07 bits per heavy atom. The first-order chi connectivity index (χ1) is 22.3. The number of rotatable bonds is 15. The molecule has 1 saturated heterocycles. The minimum Gasteiger partial charge on any atom is -0.489 e. The third-order valence-corrected chi connectivity index (χ3v) is 9.78. The maximum atomic E-state index is 14.1. The van der Waals surface area contributed by atoms with E-state index in [0.717, 1.165) is 34.0 Å². The SMILES string of the molecule is C[Si](C)(C)CCOCO[C@@H]1CN(Cc2ccccc2)N(Cc2cccc(OCc3ccccc3)c2)C(=O)N[C@@H]1Cc1ccccc1. The summed E-state index contributed by atoms with van der Waals surface area (Å²) in [6, 6.07) is 39.3. The van der Waals surface area contributed by atoms with E-state index < -0.39 is 8.07 Å². The Morgan fingerprint density at radius 1 is 0.761 bits per heavy atom. The number of urea groups is 1. The van der Waals surface area contributed by atoms with E-state index in [-0.39, 0.29) is 25.0 Å². The molecule has 0 unspecified atom stereocenters. The van der Waals surface area contributed by atoms with Crippen molar-refractivity contribution in [2.75, 3.05) is 19.9 Å². The molecular formula is C38H47N3O4Si. The Balaban J connectivity index is 1.36. The van der Waals surface area contributed by atoms with E-state index in [4.69, 9.17) is 14.2 Å². The maximum absolute atomic E-state index is 14.1. The predicted octanol–water partition coefficient (Wildman–Crippen LogP) is 7.52. The van der Waals surface area contributed by atoms with Crippen LogP contribution < -0.4 is 10.1 Å². The molecule has 0 aliphatic carbocycles. The van der Waals surface area contributed by atoms with Gasteiger partial charge in [-0.2, -0.15) is 0 Å². The van der Waals surface area contributed by atoms with Crippen molar-refractivity contribution in [1.29, 1.82) is 0 Å². The molecule has 0 saturated carbocycles. The number of amides is 2. The van der Waals surface area contributed by atoms with Gasteiger partial charge in [-0.25, -0.2) is 9.80 Å². The van der Waals surface area contributed by atoms with Crippen molar-refractivity contribution in [3.05, 3.63) is 138 Å². The fraction of sp³-hybridized carbons (Fsp3) is 0.342. The summed E-state index contributed by atoms with van der Waals surface area (Å²) in [5.74, 6) is 0.768. The second-order valence-electron chi connectivity index (χ2n) is 13.1. The number of ether oxygens (including phenoxy) is 3. The van der Waals surface area contributed by atoms with Crippen molar-refractivity contribution in [2.45, 2.75) is 63.9 Å². The van der Waals surface area contributed by atoms with Crippen LogP contribution in [0.5, 0.6) is 5.75 Å². The smallest absolute Gasteiger partial charge is 0.332 e. The molecule has 1 fully saturated rings. The molecule has 1 N–H and O–H groups in total. The Morgan fingerprint density at radius 2 is 1.39 bits per heavy atom. The highest BCUT2D eigenvalue weighted by atomic mass is 28.3. The standard InChI is InChI=1S/C38H47N3O4Si/c1-46(2,3)23-22-43-30-45-37-28-40(26-32-16-9-5-10-17-32)41(38(42)39-36(37)25-31-14-7-4-8-15-31)27-34-20-13-21-35(24-34)44-29-33-18-11-6-12-19-33/h4-21,24,36-37H,22-23,25-30H2,1-3H3,(H,39,42)/t36-,37-/m1/s1. The van der Waals surface area contributed by atoms with Crippen molar-refractivity contribution >= 4 is 14.1 Å². The van der Waals surface area contributed by atoms with E-state index in [0.29, 0.717) is 39.3 Å². The van der Waals surface area contributed by atoms with Gasteiger partial charge in [-0.05, 0) is 46.9 Å². The Hall–Kier alpha value is -3.95. The molecule has 0 radical (unpaired) electrons. The van der Waals surface area contributed by atoms with Crippen molar-refractivity contribution in [3.63, 3.8) is 0 Å².